The Balaban J connectivity index is 2.08. The molecule has 1 heterocycles. The van der Waals surface area contributed by atoms with Crippen molar-refractivity contribution in [2.45, 2.75) is 33.7 Å². The average molecular weight is 428 g/mol. The highest BCUT2D eigenvalue weighted by Gasteiger charge is 2.16. The Bertz CT molecular complexity index is 789. The second-order valence-electron chi connectivity index (χ2n) is 8.95. The lowest BCUT2D eigenvalue weighted by Crippen LogP contribution is -2.43. The number of hydrogen-bond acceptors (Lipinski definition) is 5. The SMILES string of the molecule is CC(C)=C(/C=C(\C)N(C)CCN(C)C)C(=O)NC(C)c1cccc(N2CCNCC2)c1. The van der Waals surface area contributed by atoms with E-state index in [9.17, 15) is 4.79 Å². The van der Waals surface area contributed by atoms with Crippen LogP contribution in [-0.4, -0.2) is 76.1 Å². The summed E-state index contributed by atoms with van der Waals surface area (Å²) in [5.74, 6) is -0.0274. The van der Waals surface area contributed by atoms with Crippen LogP contribution in [0, 0.1) is 0 Å². The van der Waals surface area contributed by atoms with Crippen LogP contribution in [0.5, 0.6) is 0 Å². The van der Waals surface area contributed by atoms with E-state index in [1.54, 1.807) is 0 Å². The molecule has 6 nitrogen and oxygen atoms in total. The van der Waals surface area contributed by atoms with Crippen molar-refractivity contribution >= 4 is 11.6 Å². The monoisotopic (exact) mass is 427 g/mol. The Hall–Kier alpha value is -2.31. The fourth-order valence-corrected chi connectivity index (χ4v) is 3.55. The molecule has 0 bridgehead atoms. The van der Waals surface area contributed by atoms with Crippen molar-refractivity contribution in [2.75, 3.05) is 65.3 Å². The van der Waals surface area contributed by atoms with Gasteiger partial charge in [-0.05, 0) is 65.6 Å². The van der Waals surface area contributed by atoms with Gasteiger partial charge in [0.05, 0.1) is 6.04 Å². The molecule has 0 saturated carbocycles. The Labute approximate surface area is 189 Å². The number of carbonyl (C=O) groups is 1. The predicted molar refractivity (Wildman–Crippen MR) is 131 cm³/mol. The van der Waals surface area contributed by atoms with E-state index in [0.29, 0.717) is 0 Å². The first kappa shape index (κ1) is 25.0. The number of nitrogens with zero attached hydrogens (tertiary/aromatic N) is 3. The molecule has 1 atom stereocenters. The van der Waals surface area contributed by atoms with Crippen molar-refractivity contribution in [3.63, 3.8) is 0 Å². The average Bonchev–Trinajstić information content (AvgIpc) is 2.75. The molecular weight excluding hydrogens is 386 g/mol. The number of anilines is 1. The van der Waals surface area contributed by atoms with E-state index in [-0.39, 0.29) is 11.9 Å². The van der Waals surface area contributed by atoms with E-state index >= 15 is 0 Å². The van der Waals surface area contributed by atoms with Crippen LogP contribution in [0.3, 0.4) is 0 Å². The highest BCUT2D eigenvalue weighted by molar-refractivity contribution is 5.97. The molecule has 1 unspecified atom stereocenters. The molecule has 31 heavy (non-hydrogen) atoms. The molecule has 1 aliphatic rings. The van der Waals surface area contributed by atoms with Gasteiger partial charge in [-0.2, -0.15) is 0 Å². The minimum Gasteiger partial charge on any atom is -0.377 e. The molecular formula is C25H41N5O. The van der Waals surface area contributed by atoms with E-state index in [4.69, 9.17) is 0 Å². The number of hydrogen-bond donors (Lipinski definition) is 2. The molecule has 1 fully saturated rings. The van der Waals surface area contributed by atoms with E-state index in [1.807, 2.05) is 19.9 Å². The third-order valence-corrected chi connectivity index (χ3v) is 5.82. The van der Waals surface area contributed by atoms with Crippen molar-refractivity contribution in [3.8, 4) is 0 Å². The van der Waals surface area contributed by atoms with E-state index in [0.717, 1.165) is 61.7 Å². The minimum absolute atomic E-state index is 0.0274. The van der Waals surface area contributed by atoms with Crippen LogP contribution in [0.15, 0.2) is 47.2 Å². The van der Waals surface area contributed by atoms with Gasteiger partial charge in [0, 0.05) is 63.3 Å². The Kier molecular flexibility index (Phi) is 9.59. The van der Waals surface area contributed by atoms with Crippen LogP contribution in [-0.2, 0) is 4.79 Å². The lowest BCUT2D eigenvalue weighted by molar-refractivity contribution is -0.117. The summed E-state index contributed by atoms with van der Waals surface area (Å²) in [5, 5.41) is 6.60. The Morgan fingerprint density at radius 3 is 2.45 bits per heavy atom. The van der Waals surface area contributed by atoms with Gasteiger partial charge in [0.2, 0.25) is 0 Å². The summed E-state index contributed by atoms with van der Waals surface area (Å²) in [4.78, 5) is 19.9. The largest absolute Gasteiger partial charge is 0.377 e. The second kappa shape index (κ2) is 11.9. The summed E-state index contributed by atoms with van der Waals surface area (Å²) in [6.07, 6.45) is 2.00. The zero-order valence-corrected chi connectivity index (χ0v) is 20.5. The van der Waals surface area contributed by atoms with Gasteiger partial charge in [-0.3, -0.25) is 4.79 Å². The third-order valence-electron chi connectivity index (χ3n) is 5.82. The van der Waals surface area contributed by atoms with Crippen LogP contribution < -0.4 is 15.5 Å². The summed E-state index contributed by atoms with van der Waals surface area (Å²) >= 11 is 0. The summed E-state index contributed by atoms with van der Waals surface area (Å²) < 4.78 is 0. The molecule has 2 N–H and O–H groups in total. The van der Waals surface area contributed by atoms with E-state index in [1.165, 1.54) is 5.69 Å². The number of benzene rings is 1. The second-order valence-corrected chi connectivity index (χ2v) is 8.95. The van der Waals surface area contributed by atoms with Gasteiger partial charge in [-0.25, -0.2) is 0 Å². The number of likely N-dealkylation sites (N-methyl/N-ethyl adjacent to an activating group) is 2. The first-order valence-electron chi connectivity index (χ1n) is 11.3. The van der Waals surface area contributed by atoms with Gasteiger partial charge >= 0.3 is 0 Å². The highest BCUT2D eigenvalue weighted by Crippen LogP contribution is 2.22. The number of amides is 1. The fourth-order valence-electron chi connectivity index (χ4n) is 3.55. The van der Waals surface area contributed by atoms with Gasteiger partial charge in [0.25, 0.3) is 5.91 Å². The fraction of sp³-hybridized carbons (Fsp3) is 0.560. The molecule has 172 valence electrons. The highest BCUT2D eigenvalue weighted by atomic mass is 16.1. The third kappa shape index (κ3) is 7.71. The predicted octanol–water partition coefficient (Wildman–Crippen LogP) is 3.01. The van der Waals surface area contributed by atoms with Crippen molar-refractivity contribution < 1.29 is 4.79 Å². The van der Waals surface area contributed by atoms with Crippen LogP contribution >= 0.6 is 0 Å². The number of piperazine rings is 1. The zero-order chi connectivity index (χ0) is 23.0. The molecule has 0 spiro atoms. The van der Waals surface area contributed by atoms with Gasteiger partial charge in [0.15, 0.2) is 0 Å². The quantitative estimate of drug-likeness (QED) is 0.469. The van der Waals surface area contributed by atoms with Crippen molar-refractivity contribution in [1.82, 2.24) is 20.4 Å². The van der Waals surface area contributed by atoms with Crippen molar-refractivity contribution in [3.05, 3.63) is 52.7 Å². The molecule has 1 aromatic carbocycles. The standard InChI is InChI=1S/C25H41N5O/c1-19(2)24(17-20(3)29(7)16-15-28(5)6)25(31)27-21(4)22-9-8-10-23(18-22)30-13-11-26-12-14-30/h8-10,17-18,21,26H,11-16H2,1-7H3,(H,27,31)/b20-17+. The molecule has 1 aromatic rings. The maximum atomic E-state index is 13.1. The van der Waals surface area contributed by atoms with Crippen LogP contribution in [0.4, 0.5) is 5.69 Å². The van der Waals surface area contributed by atoms with Gasteiger partial charge in [-0.1, -0.05) is 17.7 Å². The number of nitrogens with one attached hydrogen (secondary N) is 2. The number of carbonyl (C=O) groups excluding carboxylic acids is 1. The molecule has 1 amide bonds. The Morgan fingerprint density at radius 2 is 1.84 bits per heavy atom. The van der Waals surface area contributed by atoms with Crippen LogP contribution in [0.1, 0.15) is 39.3 Å². The zero-order valence-electron chi connectivity index (χ0n) is 20.5. The molecule has 6 heteroatoms. The van der Waals surface area contributed by atoms with Gasteiger partial charge in [0.1, 0.15) is 0 Å². The summed E-state index contributed by atoms with van der Waals surface area (Å²) in [5.41, 5.74) is 5.18. The first-order valence-corrected chi connectivity index (χ1v) is 11.3. The molecule has 1 aliphatic heterocycles. The Morgan fingerprint density at radius 1 is 1.16 bits per heavy atom. The van der Waals surface area contributed by atoms with Crippen molar-refractivity contribution in [2.24, 2.45) is 0 Å². The van der Waals surface area contributed by atoms with E-state index in [2.05, 4.69) is 84.6 Å². The molecule has 0 aromatic heterocycles. The maximum Gasteiger partial charge on any atom is 0.251 e. The van der Waals surface area contributed by atoms with Gasteiger partial charge < -0.3 is 25.3 Å². The number of allylic oxidation sites excluding steroid dienone is 2. The first-order chi connectivity index (χ1) is 14.7. The summed E-state index contributed by atoms with van der Waals surface area (Å²) in [7, 11) is 6.21. The smallest absolute Gasteiger partial charge is 0.251 e. The lowest BCUT2D eigenvalue weighted by Gasteiger charge is -2.30. The van der Waals surface area contributed by atoms with Crippen molar-refractivity contribution in [1.29, 1.82) is 0 Å². The normalized spacial score (nSPS) is 15.6. The topological polar surface area (TPSA) is 50.9 Å². The molecule has 2 rings (SSSR count). The minimum atomic E-state index is -0.0649. The van der Waals surface area contributed by atoms with Crippen LogP contribution in [0.2, 0.25) is 0 Å². The lowest BCUT2D eigenvalue weighted by atomic mass is 10.0. The summed E-state index contributed by atoms with van der Waals surface area (Å²) in [6, 6.07) is 8.47. The summed E-state index contributed by atoms with van der Waals surface area (Å²) in [6.45, 7) is 14.0. The molecule has 1 saturated heterocycles. The van der Waals surface area contributed by atoms with E-state index < -0.39 is 0 Å². The molecule has 0 radical (unpaired) electrons. The van der Waals surface area contributed by atoms with Gasteiger partial charge in [-0.15, -0.1) is 0 Å². The maximum absolute atomic E-state index is 13.1. The molecule has 0 aliphatic carbocycles. The van der Waals surface area contributed by atoms with Crippen LogP contribution in [0.25, 0.3) is 0 Å². The number of rotatable bonds is 9.